The molecular weight excluding hydrogens is 481 g/mol. The fraction of sp³-hybridized carbons (Fsp3) is 0.0769. The third-order valence-corrected chi connectivity index (χ3v) is 5.65. The standard InChI is InChI=1S/C13H9BrCl2FIN2/c14-8-3-2-7(12(17)11(8)16)13(20-19)6-1-4-10(18)9(15)5-6/h1-5,13,20H,19H2. The average molecular weight is 490 g/mol. The Hall–Kier alpha value is 0.0800. The second kappa shape index (κ2) is 6.89. The Balaban J connectivity index is 2.52. The highest BCUT2D eigenvalue weighted by Gasteiger charge is 2.20. The van der Waals surface area contributed by atoms with Crippen LogP contribution in [0.5, 0.6) is 0 Å². The normalized spacial score (nSPS) is 12.5. The first-order chi connectivity index (χ1) is 9.45. The highest BCUT2D eigenvalue weighted by Crippen LogP contribution is 2.33. The van der Waals surface area contributed by atoms with Gasteiger partial charge in [-0.2, -0.15) is 0 Å². The summed E-state index contributed by atoms with van der Waals surface area (Å²) in [6, 6.07) is 8.22. The first-order valence-electron chi connectivity index (χ1n) is 5.50. The summed E-state index contributed by atoms with van der Waals surface area (Å²) < 4.78 is 15.7. The quantitative estimate of drug-likeness (QED) is 0.274. The van der Waals surface area contributed by atoms with Crippen LogP contribution in [0.4, 0.5) is 4.39 Å². The van der Waals surface area contributed by atoms with E-state index in [1.807, 2.05) is 12.1 Å². The average Bonchev–Trinajstić information content (AvgIpc) is 2.43. The van der Waals surface area contributed by atoms with E-state index in [9.17, 15) is 4.39 Å². The third-order valence-electron chi connectivity index (χ3n) is 2.82. The van der Waals surface area contributed by atoms with Gasteiger partial charge in [0.1, 0.15) is 5.82 Å². The van der Waals surface area contributed by atoms with Crippen LogP contribution in [0.15, 0.2) is 34.8 Å². The van der Waals surface area contributed by atoms with Gasteiger partial charge in [-0.05, 0) is 62.3 Å². The van der Waals surface area contributed by atoms with Crippen LogP contribution in [0.3, 0.4) is 0 Å². The van der Waals surface area contributed by atoms with Crippen LogP contribution in [-0.2, 0) is 0 Å². The van der Waals surface area contributed by atoms with Crippen LogP contribution in [0.25, 0.3) is 0 Å². The maximum Gasteiger partial charge on any atom is 0.148 e. The van der Waals surface area contributed by atoms with Gasteiger partial charge in [-0.15, -0.1) is 0 Å². The van der Waals surface area contributed by atoms with Crippen LogP contribution in [0.1, 0.15) is 17.2 Å². The zero-order chi connectivity index (χ0) is 14.9. The van der Waals surface area contributed by atoms with Crippen molar-refractivity contribution in [2.24, 2.45) is 5.84 Å². The molecule has 0 bridgehead atoms. The number of nitrogens with one attached hydrogen (secondary N) is 1. The maximum atomic E-state index is 14.3. The van der Waals surface area contributed by atoms with Gasteiger partial charge in [-0.3, -0.25) is 5.84 Å². The third kappa shape index (κ3) is 3.28. The highest BCUT2D eigenvalue weighted by atomic mass is 127. The van der Waals surface area contributed by atoms with E-state index in [2.05, 4.69) is 43.9 Å². The fourth-order valence-electron chi connectivity index (χ4n) is 1.82. The van der Waals surface area contributed by atoms with Crippen LogP contribution in [0, 0.1) is 9.39 Å². The molecule has 0 spiro atoms. The van der Waals surface area contributed by atoms with Crippen molar-refractivity contribution in [3.63, 3.8) is 0 Å². The number of halogens is 5. The highest BCUT2D eigenvalue weighted by molar-refractivity contribution is 14.1. The molecule has 1 atom stereocenters. The van der Waals surface area contributed by atoms with E-state index in [-0.39, 0.29) is 5.02 Å². The van der Waals surface area contributed by atoms with Gasteiger partial charge in [0.2, 0.25) is 0 Å². The van der Waals surface area contributed by atoms with Crippen molar-refractivity contribution >= 4 is 61.7 Å². The zero-order valence-corrected chi connectivity index (χ0v) is 15.2. The first-order valence-corrected chi connectivity index (χ1v) is 8.13. The van der Waals surface area contributed by atoms with Crippen molar-refractivity contribution in [2.45, 2.75) is 6.04 Å². The summed E-state index contributed by atoms with van der Waals surface area (Å²) in [6.07, 6.45) is 0. The van der Waals surface area contributed by atoms with Gasteiger partial charge >= 0.3 is 0 Å². The molecule has 20 heavy (non-hydrogen) atoms. The molecule has 0 heterocycles. The molecule has 0 amide bonds. The van der Waals surface area contributed by atoms with E-state index in [0.29, 0.717) is 15.1 Å². The molecular formula is C13H9BrCl2FIN2. The lowest BCUT2D eigenvalue weighted by Crippen LogP contribution is -2.29. The molecule has 106 valence electrons. The minimum atomic E-state index is -0.532. The molecule has 2 aromatic rings. The number of hydrogen-bond acceptors (Lipinski definition) is 2. The largest absolute Gasteiger partial charge is 0.271 e. The fourth-order valence-corrected chi connectivity index (χ4v) is 2.82. The lowest BCUT2D eigenvalue weighted by Gasteiger charge is -2.19. The summed E-state index contributed by atoms with van der Waals surface area (Å²) in [6.45, 7) is 0. The van der Waals surface area contributed by atoms with Gasteiger partial charge in [0, 0.05) is 13.6 Å². The number of hydrazine groups is 1. The van der Waals surface area contributed by atoms with Crippen LogP contribution in [0.2, 0.25) is 10.0 Å². The SMILES string of the molecule is NNC(c1ccc(I)c(Cl)c1)c1ccc(Br)c(Cl)c1F. The predicted molar refractivity (Wildman–Crippen MR) is 92.4 cm³/mol. The Morgan fingerprint density at radius 2 is 1.95 bits per heavy atom. The zero-order valence-electron chi connectivity index (χ0n) is 9.93. The van der Waals surface area contributed by atoms with Gasteiger partial charge in [-0.25, -0.2) is 9.82 Å². The van der Waals surface area contributed by atoms with E-state index >= 15 is 0 Å². The Labute approximate surface area is 148 Å². The van der Waals surface area contributed by atoms with Crippen molar-refractivity contribution in [3.05, 3.63) is 65.4 Å². The summed E-state index contributed by atoms with van der Waals surface area (Å²) in [7, 11) is 0. The molecule has 0 aliphatic heterocycles. The van der Waals surface area contributed by atoms with Gasteiger partial charge in [0.15, 0.2) is 0 Å². The topological polar surface area (TPSA) is 38.0 Å². The van der Waals surface area contributed by atoms with Crippen molar-refractivity contribution < 1.29 is 4.39 Å². The molecule has 0 aromatic heterocycles. The summed E-state index contributed by atoms with van der Waals surface area (Å²) in [5, 5.41) is 0.617. The monoisotopic (exact) mass is 488 g/mol. The smallest absolute Gasteiger partial charge is 0.148 e. The molecule has 2 nitrogen and oxygen atoms in total. The van der Waals surface area contributed by atoms with Crippen LogP contribution >= 0.6 is 61.7 Å². The minimum absolute atomic E-state index is 0.0272. The number of hydrogen-bond donors (Lipinski definition) is 2. The molecule has 0 fully saturated rings. The summed E-state index contributed by atoms with van der Waals surface area (Å²) in [4.78, 5) is 0. The van der Waals surface area contributed by atoms with E-state index in [1.54, 1.807) is 18.2 Å². The molecule has 0 radical (unpaired) electrons. The Kier molecular flexibility index (Phi) is 5.67. The molecule has 0 aliphatic carbocycles. The summed E-state index contributed by atoms with van der Waals surface area (Å²) in [5.41, 5.74) is 3.71. The van der Waals surface area contributed by atoms with Gasteiger partial charge in [-0.1, -0.05) is 35.3 Å². The van der Waals surface area contributed by atoms with E-state index in [1.165, 1.54) is 0 Å². The van der Waals surface area contributed by atoms with Crippen LogP contribution in [-0.4, -0.2) is 0 Å². The molecule has 7 heteroatoms. The second-order valence-corrected chi connectivity index (χ2v) is 6.84. The van der Waals surface area contributed by atoms with E-state index < -0.39 is 11.9 Å². The molecule has 0 saturated carbocycles. The van der Waals surface area contributed by atoms with Crippen molar-refractivity contribution in [1.29, 1.82) is 0 Å². The van der Waals surface area contributed by atoms with Crippen molar-refractivity contribution in [1.82, 2.24) is 5.43 Å². The number of rotatable bonds is 3. The summed E-state index contributed by atoms with van der Waals surface area (Å²) >= 11 is 17.3. The second-order valence-electron chi connectivity index (χ2n) is 4.04. The predicted octanol–water partition coefficient (Wildman–Crippen LogP) is 5.05. The van der Waals surface area contributed by atoms with Crippen LogP contribution < -0.4 is 11.3 Å². The van der Waals surface area contributed by atoms with Crippen molar-refractivity contribution in [3.8, 4) is 0 Å². The van der Waals surface area contributed by atoms with E-state index in [0.717, 1.165) is 9.13 Å². The molecule has 3 N–H and O–H groups in total. The summed E-state index contributed by atoms with van der Waals surface area (Å²) in [5.74, 6) is 5.05. The molecule has 0 aliphatic rings. The number of nitrogens with two attached hydrogens (primary N) is 1. The lowest BCUT2D eigenvalue weighted by atomic mass is 9.99. The maximum absolute atomic E-state index is 14.3. The Bertz CT molecular complexity index is 655. The molecule has 2 aromatic carbocycles. The molecule has 0 saturated heterocycles. The van der Waals surface area contributed by atoms with Gasteiger partial charge in [0.25, 0.3) is 0 Å². The minimum Gasteiger partial charge on any atom is -0.271 e. The van der Waals surface area contributed by atoms with Gasteiger partial charge in [0.05, 0.1) is 16.1 Å². The van der Waals surface area contributed by atoms with E-state index in [4.69, 9.17) is 29.0 Å². The molecule has 2 rings (SSSR count). The lowest BCUT2D eigenvalue weighted by molar-refractivity contribution is 0.560. The Morgan fingerprint density at radius 3 is 2.55 bits per heavy atom. The first kappa shape index (κ1) is 16.5. The van der Waals surface area contributed by atoms with Crippen molar-refractivity contribution in [2.75, 3.05) is 0 Å². The Morgan fingerprint density at radius 1 is 1.25 bits per heavy atom. The number of benzene rings is 2. The molecule has 1 unspecified atom stereocenters. The van der Waals surface area contributed by atoms with Gasteiger partial charge < -0.3 is 0 Å².